The van der Waals surface area contributed by atoms with Crippen molar-refractivity contribution in [2.75, 3.05) is 19.7 Å². The molecule has 0 spiro atoms. The van der Waals surface area contributed by atoms with E-state index in [1.165, 1.54) is 12.1 Å². The zero-order valence-electron chi connectivity index (χ0n) is 11.7. The number of carbonyl (C=O) groups excluding carboxylic acids is 1. The fraction of sp³-hybridized carbons (Fsp3) is 0.400. The summed E-state index contributed by atoms with van der Waals surface area (Å²) in [7, 11) is 0. The van der Waals surface area contributed by atoms with E-state index in [4.69, 9.17) is 11.2 Å². The van der Waals surface area contributed by atoms with Crippen molar-refractivity contribution in [2.24, 2.45) is 0 Å². The van der Waals surface area contributed by atoms with Crippen LogP contribution in [0.15, 0.2) is 18.2 Å². The van der Waals surface area contributed by atoms with Gasteiger partial charge in [0.2, 0.25) is 0 Å². The fourth-order valence-electron chi connectivity index (χ4n) is 1.75. The van der Waals surface area contributed by atoms with E-state index >= 15 is 0 Å². The third-order valence-electron chi connectivity index (χ3n) is 2.70. The molecular formula is C15H19FN2O2. The van der Waals surface area contributed by atoms with Gasteiger partial charge in [-0.05, 0) is 19.5 Å². The van der Waals surface area contributed by atoms with Crippen LogP contribution in [0.2, 0.25) is 0 Å². The first kappa shape index (κ1) is 16.0. The standard InChI is InChI=1S/C15H19FN2O2/c1-4-8-18-15(19)10-20-14-9-12(16)6-7-13(14)11(3)17-5-2/h1,6-7,9,11,17H,5,8,10H2,2-3H3,(H,18,19). The highest BCUT2D eigenvalue weighted by Gasteiger charge is 2.13. The van der Waals surface area contributed by atoms with Crippen molar-refractivity contribution < 1.29 is 13.9 Å². The minimum Gasteiger partial charge on any atom is -0.483 e. The van der Waals surface area contributed by atoms with Gasteiger partial charge in [-0.1, -0.05) is 18.9 Å². The third kappa shape index (κ3) is 4.90. The normalized spacial score (nSPS) is 11.5. The summed E-state index contributed by atoms with van der Waals surface area (Å²) in [4.78, 5) is 11.4. The molecule has 1 rings (SSSR count). The molecule has 1 amide bonds. The molecule has 1 unspecified atom stereocenters. The number of terminal acetylenes is 1. The van der Waals surface area contributed by atoms with Crippen LogP contribution < -0.4 is 15.4 Å². The number of benzene rings is 1. The van der Waals surface area contributed by atoms with Crippen LogP contribution in [0.25, 0.3) is 0 Å². The second kappa shape index (κ2) is 8.18. The van der Waals surface area contributed by atoms with Crippen LogP contribution in [-0.4, -0.2) is 25.6 Å². The Morgan fingerprint density at radius 1 is 1.55 bits per heavy atom. The molecule has 0 aliphatic carbocycles. The summed E-state index contributed by atoms with van der Waals surface area (Å²) in [6.45, 7) is 4.65. The molecule has 0 saturated heterocycles. The number of carbonyl (C=O) groups is 1. The van der Waals surface area contributed by atoms with Crippen LogP contribution in [0.1, 0.15) is 25.5 Å². The van der Waals surface area contributed by atoms with Gasteiger partial charge in [-0.3, -0.25) is 4.79 Å². The first-order valence-corrected chi connectivity index (χ1v) is 6.44. The average Bonchev–Trinajstić information content (AvgIpc) is 2.43. The largest absolute Gasteiger partial charge is 0.483 e. The molecule has 0 aliphatic rings. The molecule has 4 nitrogen and oxygen atoms in total. The molecule has 20 heavy (non-hydrogen) atoms. The molecule has 1 atom stereocenters. The number of hydrogen-bond acceptors (Lipinski definition) is 3. The van der Waals surface area contributed by atoms with E-state index < -0.39 is 5.82 Å². The number of hydrogen-bond donors (Lipinski definition) is 2. The number of ether oxygens (including phenoxy) is 1. The second-order valence-corrected chi connectivity index (χ2v) is 4.23. The average molecular weight is 278 g/mol. The lowest BCUT2D eigenvalue weighted by Crippen LogP contribution is -2.29. The summed E-state index contributed by atoms with van der Waals surface area (Å²) >= 11 is 0. The van der Waals surface area contributed by atoms with Crippen molar-refractivity contribution in [3.8, 4) is 18.1 Å². The van der Waals surface area contributed by atoms with Gasteiger partial charge < -0.3 is 15.4 Å². The van der Waals surface area contributed by atoms with Gasteiger partial charge in [0.1, 0.15) is 11.6 Å². The highest BCUT2D eigenvalue weighted by Crippen LogP contribution is 2.26. The Kier molecular flexibility index (Phi) is 6.54. The minimum atomic E-state index is -0.406. The lowest BCUT2D eigenvalue weighted by Gasteiger charge is -2.17. The predicted octanol–water partition coefficient (Wildman–Crippen LogP) is 1.62. The van der Waals surface area contributed by atoms with Gasteiger partial charge >= 0.3 is 0 Å². The third-order valence-corrected chi connectivity index (χ3v) is 2.70. The number of halogens is 1. The molecule has 0 fully saturated rings. The molecular weight excluding hydrogens is 259 g/mol. The lowest BCUT2D eigenvalue weighted by molar-refractivity contribution is -0.122. The summed E-state index contributed by atoms with van der Waals surface area (Å²) in [6.07, 6.45) is 5.04. The van der Waals surface area contributed by atoms with Crippen LogP contribution >= 0.6 is 0 Å². The van der Waals surface area contributed by atoms with Gasteiger partial charge in [0.15, 0.2) is 6.61 Å². The molecule has 0 heterocycles. The van der Waals surface area contributed by atoms with Gasteiger partial charge in [0.25, 0.3) is 5.91 Å². The highest BCUT2D eigenvalue weighted by molar-refractivity contribution is 5.77. The molecule has 1 aromatic rings. The Bertz CT molecular complexity index is 497. The molecule has 1 aromatic carbocycles. The molecule has 0 saturated carbocycles. The number of rotatable bonds is 7. The summed E-state index contributed by atoms with van der Waals surface area (Å²) < 4.78 is 18.7. The lowest BCUT2D eigenvalue weighted by atomic mass is 10.1. The van der Waals surface area contributed by atoms with Crippen molar-refractivity contribution >= 4 is 5.91 Å². The maximum absolute atomic E-state index is 13.3. The van der Waals surface area contributed by atoms with Gasteiger partial charge in [0, 0.05) is 17.7 Å². The zero-order valence-corrected chi connectivity index (χ0v) is 11.7. The van der Waals surface area contributed by atoms with E-state index in [9.17, 15) is 9.18 Å². The highest BCUT2D eigenvalue weighted by atomic mass is 19.1. The first-order valence-electron chi connectivity index (χ1n) is 6.44. The van der Waals surface area contributed by atoms with Crippen LogP contribution in [0, 0.1) is 18.2 Å². The molecule has 0 aliphatic heterocycles. The quantitative estimate of drug-likeness (QED) is 0.745. The fourth-order valence-corrected chi connectivity index (χ4v) is 1.75. The Hall–Kier alpha value is -2.06. The zero-order chi connectivity index (χ0) is 15.0. The maximum atomic E-state index is 13.3. The van der Waals surface area contributed by atoms with Gasteiger partial charge in [0.05, 0.1) is 6.54 Å². The Balaban J connectivity index is 2.74. The van der Waals surface area contributed by atoms with Crippen LogP contribution in [0.4, 0.5) is 4.39 Å². The first-order chi connectivity index (χ1) is 9.58. The Labute approximate surface area is 118 Å². The van der Waals surface area contributed by atoms with E-state index in [2.05, 4.69) is 16.6 Å². The Morgan fingerprint density at radius 3 is 2.95 bits per heavy atom. The number of amides is 1. The van der Waals surface area contributed by atoms with Crippen molar-refractivity contribution in [2.45, 2.75) is 19.9 Å². The van der Waals surface area contributed by atoms with Gasteiger partial charge in [-0.25, -0.2) is 4.39 Å². The van der Waals surface area contributed by atoms with Crippen molar-refractivity contribution in [3.05, 3.63) is 29.6 Å². The Morgan fingerprint density at radius 2 is 2.30 bits per heavy atom. The van der Waals surface area contributed by atoms with E-state index in [-0.39, 0.29) is 25.1 Å². The van der Waals surface area contributed by atoms with Crippen molar-refractivity contribution in [1.82, 2.24) is 10.6 Å². The SMILES string of the molecule is C#CCNC(=O)COc1cc(F)ccc1C(C)NCC. The summed E-state index contributed by atoms with van der Waals surface area (Å²) in [5.74, 6) is 1.91. The second-order valence-electron chi connectivity index (χ2n) is 4.23. The molecule has 0 radical (unpaired) electrons. The molecule has 2 N–H and O–H groups in total. The monoisotopic (exact) mass is 278 g/mol. The van der Waals surface area contributed by atoms with Crippen LogP contribution in [0.5, 0.6) is 5.75 Å². The van der Waals surface area contributed by atoms with Gasteiger partial charge in [-0.2, -0.15) is 0 Å². The van der Waals surface area contributed by atoms with Crippen LogP contribution in [0.3, 0.4) is 0 Å². The summed E-state index contributed by atoms with van der Waals surface area (Å²) in [5, 5.41) is 5.70. The number of nitrogens with one attached hydrogen (secondary N) is 2. The minimum absolute atomic E-state index is 0.00405. The smallest absolute Gasteiger partial charge is 0.258 e. The summed E-state index contributed by atoms with van der Waals surface area (Å²) in [6, 6.07) is 4.30. The van der Waals surface area contributed by atoms with E-state index in [0.29, 0.717) is 5.75 Å². The molecule has 0 aromatic heterocycles. The van der Waals surface area contributed by atoms with Gasteiger partial charge in [-0.15, -0.1) is 6.42 Å². The molecule has 108 valence electrons. The maximum Gasteiger partial charge on any atom is 0.258 e. The molecule has 0 bridgehead atoms. The topological polar surface area (TPSA) is 50.4 Å². The van der Waals surface area contributed by atoms with E-state index in [1.54, 1.807) is 6.07 Å². The van der Waals surface area contributed by atoms with Crippen molar-refractivity contribution in [1.29, 1.82) is 0 Å². The summed E-state index contributed by atoms with van der Waals surface area (Å²) in [5.41, 5.74) is 0.804. The van der Waals surface area contributed by atoms with Crippen LogP contribution in [-0.2, 0) is 4.79 Å². The predicted molar refractivity (Wildman–Crippen MR) is 75.8 cm³/mol. The van der Waals surface area contributed by atoms with E-state index in [0.717, 1.165) is 12.1 Å². The molecule has 5 heteroatoms. The van der Waals surface area contributed by atoms with Crippen molar-refractivity contribution in [3.63, 3.8) is 0 Å². The van der Waals surface area contributed by atoms with E-state index in [1.807, 2.05) is 13.8 Å².